The van der Waals surface area contributed by atoms with Gasteiger partial charge in [0.05, 0.1) is 25.1 Å². The average Bonchev–Trinajstić information content (AvgIpc) is 3.65. The molecule has 3 aromatic rings. The molecule has 0 bridgehead atoms. The summed E-state index contributed by atoms with van der Waals surface area (Å²) < 4.78 is 0. The summed E-state index contributed by atoms with van der Waals surface area (Å²) >= 11 is 0. The number of aldehydes is 1. The van der Waals surface area contributed by atoms with E-state index in [1.807, 2.05) is 0 Å². The predicted octanol–water partition coefficient (Wildman–Crippen LogP) is -4.41. The Morgan fingerprint density at radius 3 is 1.39 bits per heavy atom. The first-order valence-corrected chi connectivity index (χ1v) is 28.0. The summed E-state index contributed by atoms with van der Waals surface area (Å²) in [6.07, 6.45) is -1.85. The zero-order valence-electron chi connectivity index (χ0n) is 49.0. The summed E-state index contributed by atoms with van der Waals surface area (Å²) in [6.45, 7) is 4.62. The van der Waals surface area contributed by atoms with Crippen LogP contribution in [0, 0.1) is 5.92 Å². The molecule has 0 spiro atoms. The van der Waals surface area contributed by atoms with Gasteiger partial charge in [-0.15, -0.1) is 0 Å². The molecule has 31 nitrogen and oxygen atoms in total. The quantitative estimate of drug-likeness (QED) is 0.0112. The van der Waals surface area contributed by atoms with Gasteiger partial charge in [0.25, 0.3) is 0 Å². The van der Waals surface area contributed by atoms with E-state index < -0.39 is 151 Å². The number of hydrogen-bond donors (Lipinski definition) is 18. The van der Waals surface area contributed by atoms with E-state index >= 15 is 0 Å². The molecular weight excluding hydrogens is 1150 g/mol. The third-order valence-electron chi connectivity index (χ3n) is 13.6. The maximum absolute atomic E-state index is 14.5. The summed E-state index contributed by atoms with van der Waals surface area (Å²) in [4.78, 5) is 164. The summed E-state index contributed by atoms with van der Waals surface area (Å²) in [7, 11) is 0. The lowest BCUT2D eigenvalue weighted by Gasteiger charge is -2.29. The molecule has 3 rings (SSSR count). The molecule has 0 unspecified atom stereocenters. The Morgan fingerprint density at radius 1 is 0.511 bits per heavy atom. The predicted molar refractivity (Wildman–Crippen MR) is 315 cm³/mol. The maximum Gasteiger partial charge on any atom is 0.305 e. The highest BCUT2D eigenvalue weighted by molar-refractivity contribution is 5.99. The molecule has 0 saturated carbocycles. The Labute approximate surface area is 506 Å². The number of amides is 10. The topological polar surface area (TPSA) is 531 Å². The number of rotatable bonds is 37. The van der Waals surface area contributed by atoms with E-state index in [-0.39, 0.29) is 74.7 Å². The van der Waals surface area contributed by atoms with Crippen molar-refractivity contribution in [3.8, 4) is 17.2 Å². The van der Waals surface area contributed by atoms with Gasteiger partial charge < -0.3 is 101 Å². The van der Waals surface area contributed by atoms with Crippen molar-refractivity contribution in [1.82, 2.24) is 47.9 Å². The maximum atomic E-state index is 14.5. The van der Waals surface area contributed by atoms with Crippen molar-refractivity contribution in [2.75, 3.05) is 13.2 Å². The molecule has 31 heteroatoms. The van der Waals surface area contributed by atoms with Crippen LogP contribution in [-0.2, 0) is 76.8 Å². The number of carbonyl (C=O) groups excluding carboxylic acids is 11. The minimum Gasteiger partial charge on any atom is -0.508 e. The highest BCUT2D eigenvalue weighted by Crippen LogP contribution is 2.17. The second-order valence-corrected chi connectivity index (χ2v) is 20.9. The first-order valence-electron chi connectivity index (χ1n) is 28.0. The van der Waals surface area contributed by atoms with Crippen LogP contribution >= 0.6 is 0 Å². The van der Waals surface area contributed by atoms with Crippen LogP contribution in [0.4, 0.5) is 0 Å². The van der Waals surface area contributed by atoms with Crippen molar-refractivity contribution >= 4 is 77.3 Å². The van der Waals surface area contributed by atoms with Crippen LogP contribution in [0.5, 0.6) is 17.2 Å². The van der Waals surface area contributed by atoms with Gasteiger partial charge in [-0.25, -0.2) is 0 Å². The lowest BCUT2D eigenvalue weighted by atomic mass is 9.96. The number of phenols is 3. The molecule has 480 valence electrons. The third-order valence-corrected chi connectivity index (χ3v) is 13.6. The van der Waals surface area contributed by atoms with Gasteiger partial charge in [-0.2, -0.15) is 0 Å². The Kier molecular flexibility index (Phi) is 29.7. The van der Waals surface area contributed by atoms with Crippen LogP contribution in [0.2, 0.25) is 0 Å². The normalized spacial score (nSPS) is 14.7. The van der Waals surface area contributed by atoms with Crippen LogP contribution in [0.25, 0.3) is 0 Å². The van der Waals surface area contributed by atoms with Gasteiger partial charge in [0.15, 0.2) is 5.96 Å². The van der Waals surface area contributed by atoms with E-state index in [9.17, 15) is 83.1 Å². The number of benzene rings is 3. The number of aliphatic imine (C=N–C) groups is 1. The highest BCUT2D eigenvalue weighted by atomic mass is 16.4. The molecule has 22 N–H and O–H groups in total. The van der Waals surface area contributed by atoms with Gasteiger partial charge in [0, 0.05) is 25.8 Å². The molecule has 0 radical (unpaired) electrons. The van der Waals surface area contributed by atoms with Crippen LogP contribution < -0.4 is 70.8 Å². The number of carboxylic acid groups (broad SMARTS) is 1. The van der Waals surface area contributed by atoms with Gasteiger partial charge in [-0.3, -0.25) is 57.7 Å². The molecule has 0 aliphatic rings. The monoisotopic (exact) mass is 1230 g/mol. The summed E-state index contributed by atoms with van der Waals surface area (Å²) in [6, 6.07) is 1.88. The van der Waals surface area contributed by atoms with Crippen LogP contribution in [0.15, 0.2) is 77.8 Å². The van der Waals surface area contributed by atoms with E-state index in [2.05, 4.69) is 52.8 Å². The van der Waals surface area contributed by atoms with Crippen molar-refractivity contribution < 1.29 is 83.1 Å². The molecule has 0 aliphatic heterocycles. The van der Waals surface area contributed by atoms with Gasteiger partial charge >= 0.3 is 5.97 Å². The minimum atomic E-state index is -1.89. The molecule has 0 aliphatic carbocycles. The second-order valence-electron chi connectivity index (χ2n) is 20.9. The van der Waals surface area contributed by atoms with E-state index in [0.717, 1.165) is 0 Å². The van der Waals surface area contributed by atoms with Crippen LogP contribution in [0.3, 0.4) is 0 Å². The fourth-order valence-corrected chi connectivity index (χ4v) is 8.38. The molecule has 0 saturated heterocycles. The first-order chi connectivity index (χ1) is 41.5. The number of nitrogens with one attached hydrogen (secondary N) is 9. The lowest BCUT2D eigenvalue weighted by molar-refractivity contribution is -0.142. The van der Waals surface area contributed by atoms with Gasteiger partial charge in [0.2, 0.25) is 59.1 Å². The van der Waals surface area contributed by atoms with Crippen molar-refractivity contribution in [3.63, 3.8) is 0 Å². The Morgan fingerprint density at radius 2 is 0.920 bits per heavy atom. The number of aliphatic hydroxyl groups excluding tert-OH is 1. The van der Waals surface area contributed by atoms with E-state index in [1.54, 1.807) is 13.8 Å². The second kappa shape index (κ2) is 36.2. The van der Waals surface area contributed by atoms with E-state index in [4.69, 9.17) is 22.9 Å². The Bertz CT molecular complexity index is 2930. The smallest absolute Gasteiger partial charge is 0.305 e. The van der Waals surface area contributed by atoms with E-state index in [1.165, 1.54) is 86.6 Å². The Hall–Kier alpha value is -9.91. The van der Waals surface area contributed by atoms with Gasteiger partial charge in [0.1, 0.15) is 71.9 Å². The number of carbonyl (C=O) groups is 12. The molecule has 11 atom stereocenters. The number of primary amides is 1. The average molecular weight is 1230 g/mol. The molecular formula is C57H80N14O17. The number of nitrogens with two attached hydrogens (primary N) is 4. The summed E-state index contributed by atoms with van der Waals surface area (Å²) in [5.74, 6) is -12.8. The number of phenolic OH excluding ortho intramolecular Hbond substituents is 3. The molecule has 10 amide bonds. The largest absolute Gasteiger partial charge is 0.508 e. The number of guanidine groups is 1. The zero-order valence-corrected chi connectivity index (χ0v) is 49.0. The van der Waals surface area contributed by atoms with Gasteiger partial charge in [-0.05, 0) is 98.5 Å². The van der Waals surface area contributed by atoms with Gasteiger partial charge in [-0.1, -0.05) is 56.7 Å². The fourth-order valence-electron chi connectivity index (χ4n) is 8.38. The molecule has 0 aromatic heterocycles. The number of carboxylic acids is 1. The van der Waals surface area contributed by atoms with Crippen molar-refractivity contribution in [3.05, 3.63) is 89.5 Å². The number of aliphatic hydroxyl groups is 1. The third kappa shape index (κ3) is 25.4. The van der Waals surface area contributed by atoms with Crippen molar-refractivity contribution in [2.45, 2.75) is 146 Å². The van der Waals surface area contributed by atoms with Crippen LogP contribution in [0.1, 0.15) is 82.9 Å². The number of nitrogens with zero attached hydrogens (tertiary/aromatic N) is 1. The van der Waals surface area contributed by atoms with Crippen molar-refractivity contribution in [2.24, 2.45) is 33.8 Å². The van der Waals surface area contributed by atoms with E-state index in [0.29, 0.717) is 23.0 Å². The lowest BCUT2D eigenvalue weighted by Crippen LogP contribution is -2.61. The molecule has 0 heterocycles. The number of aliphatic carboxylic acids is 1. The number of hydrogen-bond acceptors (Lipinski definition) is 18. The SMILES string of the molecule is CC[C@H](C)[C@H](NC(=O)[C@H](CC(=O)O)NC(=O)[C@H](CCC(N)=O)NC(=O)[C@H](C)N)C(=O)N[C@@H](Cc1ccc(O)cc1)C(=O)N[C@@H](CCCN=C(N)N)C(=O)N[C@@H](C)C(=O)N[C@@H](CO)C(=O)N[C@@H](Cc1ccc(O)cc1)C(=O)N[C@H](C=O)Cc1ccc(O)cc1. The van der Waals surface area contributed by atoms with Crippen LogP contribution in [-0.4, -0.2) is 176 Å². The zero-order chi connectivity index (χ0) is 65.8. The van der Waals surface area contributed by atoms with Crippen molar-refractivity contribution in [1.29, 1.82) is 0 Å². The highest BCUT2D eigenvalue weighted by Gasteiger charge is 2.37. The minimum absolute atomic E-state index is 0.00242. The molecule has 88 heavy (non-hydrogen) atoms. The molecule has 3 aromatic carbocycles. The first kappa shape index (κ1) is 72.3. The Balaban J connectivity index is 1.90. The fraction of sp³-hybridized carbons (Fsp3) is 0.456. The summed E-state index contributed by atoms with van der Waals surface area (Å²) in [5.41, 5.74) is 23.3. The summed E-state index contributed by atoms with van der Waals surface area (Å²) in [5, 5.41) is 71.6. The standard InChI is InChI=1S/C57H80N14O17/c1-5-29(2)47(71-54(86)43(26-46(78)79)68-51(83)40(20-21-45(59)77)65-48(80)30(3)58)56(88)69-42(25-34-12-18-38(76)19-13-34)53(85)66-39(7-6-22-62-57(60)61)50(82)63-31(4)49(81)70-44(28-73)55(87)67-41(24-33-10-16-37(75)17-11-33)52(84)64-35(27-72)23-32-8-14-36(74)15-9-32/h8-19,27,29-31,35,39-44,47,73-76H,5-7,20-26,28,58H2,1-4H3,(H2,59,77)(H,63,82)(H,64,84)(H,65,80)(H,66,85)(H,67,87)(H,68,83)(H,69,88)(H,70,81)(H,71,86)(H,78,79)(H4,60,61,62)/t29-,30-,31-,35-,39-,40-,41-,42-,43-,44-,47-/m0/s1. The number of aromatic hydroxyl groups is 3. The molecule has 0 fully saturated rings.